The lowest BCUT2D eigenvalue weighted by molar-refractivity contribution is -0.137. The first-order valence-corrected chi connectivity index (χ1v) is 43.1. The van der Waals surface area contributed by atoms with Gasteiger partial charge in [0.15, 0.2) is 23.3 Å². The summed E-state index contributed by atoms with van der Waals surface area (Å²) in [5, 5.41) is 18.7. The second kappa shape index (κ2) is 39.3. The summed E-state index contributed by atoms with van der Waals surface area (Å²) >= 11 is 3.23. The Morgan fingerprint density at radius 2 is 0.711 bits per heavy atom. The van der Waals surface area contributed by atoms with Gasteiger partial charge in [0.1, 0.15) is 45.9 Å². The van der Waals surface area contributed by atoms with E-state index in [1.165, 1.54) is 87.0 Å². The maximum Gasteiger partial charge on any atom is 0.330 e. The van der Waals surface area contributed by atoms with E-state index in [1.54, 1.807) is 33.8 Å². The van der Waals surface area contributed by atoms with E-state index >= 15 is 0 Å². The number of carboxylic acids is 2. The average molecular weight is 1820 g/mol. The number of rotatable bonds is 31. The van der Waals surface area contributed by atoms with E-state index in [1.807, 2.05) is 14.2 Å². The van der Waals surface area contributed by atoms with Crippen molar-refractivity contribution in [2.24, 2.45) is 0 Å². The Labute approximate surface area is 691 Å². The van der Waals surface area contributed by atoms with Gasteiger partial charge in [0.25, 0.3) is 0 Å². The zero-order valence-electron chi connectivity index (χ0n) is 63.7. The van der Waals surface area contributed by atoms with Crippen molar-refractivity contribution in [1.82, 2.24) is 39.9 Å². The number of aromatic nitrogens is 8. The van der Waals surface area contributed by atoms with Crippen molar-refractivity contribution in [2.45, 2.75) is 66.2 Å². The molecule has 0 saturated carbocycles. The molecule has 8 heterocycles. The number of fused-ring (bicyclic) bond motifs is 4. The third-order valence-electron chi connectivity index (χ3n) is 17.1. The number of hydrogen-bond acceptors (Lipinski definition) is 20. The predicted octanol–water partition coefficient (Wildman–Crippen LogP) is 14.0. The summed E-state index contributed by atoms with van der Waals surface area (Å²) in [6, 6.07) is 13.0. The molecule has 12 rings (SSSR count). The van der Waals surface area contributed by atoms with Crippen LogP contribution in [-0.4, -0.2) is 155 Å². The van der Waals surface area contributed by atoms with E-state index in [0.29, 0.717) is 45.0 Å². The molecule has 0 amide bonds. The number of aromatic amines is 4. The topological polar surface area (TPSA) is 469 Å². The molecular weight excluding hydrogens is 1750 g/mol. The van der Waals surface area contributed by atoms with Gasteiger partial charge in [-0.2, -0.15) is 0 Å². The number of hydrogen-bond donors (Lipinski definition) is 10. The minimum atomic E-state index is -3.87. The van der Waals surface area contributed by atoms with Crippen molar-refractivity contribution in [3.63, 3.8) is 0 Å². The van der Waals surface area contributed by atoms with E-state index in [0.717, 1.165) is 60.7 Å². The summed E-state index contributed by atoms with van der Waals surface area (Å²) in [6.45, 7) is 6.54. The van der Waals surface area contributed by atoms with E-state index in [4.69, 9.17) is 10.2 Å². The van der Waals surface area contributed by atoms with Crippen LogP contribution in [0, 0.1) is 46.5 Å². The number of carbonyl (C=O) groups excluding carboxylic acids is 5. The molecule has 121 heavy (non-hydrogen) atoms. The predicted molar refractivity (Wildman–Crippen MR) is 436 cm³/mol. The molecule has 0 fully saturated rings. The Morgan fingerprint density at radius 3 is 1.01 bits per heavy atom. The number of methoxy groups -OCH3 is 1. The van der Waals surface area contributed by atoms with Gasteiger partial charge in [-0.3, -0.25) is 42.9 Å². The number of aliphatic carboxylic acids is 2. The fraction of sp³-hybridized carbons (Fsp3) is 0.192. The molecule has 30 nitrogen and oxygen atoms in total. The number of carbonyl (C=O) groups is 7. The normalized spacial score (nSPS) is 11.7. The van der Waals surface area contributed by atoms with Gasteiger partial charge < -0.3 is 34.9 Å². The zero-order chi connectivity index (χ0) is 88.8. The third-order valence-corrected chi connectivity index (χ3v) is 23.4. The zero-order valence-corrected chi connectivity index (χ0v) is 68.5. The minimum absolute atomic E-state index is 0.0187. The highest BCUT2D eigenvalue weighted by atomic mass is 79.9. The summed E-state index contributed by atoms with van der Waals surface area (Å²) in [7, 11) is -14.2. The van der Waals surface area contributed by atoms with Crippen LogP contribution < -0.4 is 18.9 Å². The number of aryl methyl sites for hydroxylation is 1. The van der Waals surface area contributed by atoms with Crippen LogP contribution in [0.15, 0.2) is 139 Å². The summed E-state index contributed by atoms with van der Waals surface area (Å²) in [4.78, 5) is 112. The fourth-order valence-electron chi connectivity index (χ4n) is 11.6. The van der Waals surface area contributed by atoms with Crippen molar-refractivity contribution < 1.29 is 117 Å². The first-order valence-electron chi connectivity index (χ1n) is 35.7. The van der Waals surface area contributed by atoms with Gasteiger partial charge in [-0.25, -0.2) is 98.3 Å². The van der Waals surface area contributed by atoms with Crippen LogP contribution in [0.5, 0.6) is 0 Å². The molecule has 0 spiro atoms. The van der Waals surface area contributed by atoms with Crippen molar-refractivity contribution in [3.8, 4) is 0 Å². The van der Waals surface area contributed by atoms with Gasteiger partial charge in [0, 0.05) is 116 Å². The van der Waals surface area contributed by atoms with Crippen molar-refractivity contribution in [1.29, 1.82) is 0 Å². The van der Waals surface area contributed by atoms with Crippen LogP contribution >= 0.6 is 15.9 Å². The Kier molecular flexibility index (Phi) is 29.9. The first kappa shape index (κ1) is 92.0. The Morgan fingerprint density at radius 1 is 0.421 bits per heavy atom. The SMILES string of the molecule is CCCS(=O)(=O)Nc1ccc(F)c(C(=O)c2c[nH]c3ncc(/C=C/C(=O)O)cc23)c1F.CCCS(=O)(=O)Nc1ccc(F)c(C(=O)c2c[nH]c3ncc(/C=C/C(=O)OC)cc23)c1F.CCCS(=O)(=O)Nc1ccc(F)c(C(=O)c2c[nH]c3ncc(Br)cc23)c1F.CCCS(=O)(=O)Nc1ccc(F)c(C(=O)c2c[nH]c3ncc(CCC(=O)O)cc23)c1F. The smallest absolute Gasteiger partial charge is 0.330 e. The van der Waals surface area contributed by atoms with Crippen molar-refractivity contribution >= 4 is 176 Å². The van der Waals surface area contributed by atoms with Crippen molar-refractivity contribution in [2.75, 3.05) is 49.0 Å². The number of esters is 1. The largest absolute Gasteiger partial charge is 0.481 e. The summed E-state index contributed by atoms with van der Waals surface area (Å²) in [5.41, 5.74) is -3.39. The van der Waals surface area contributed by atoms with Gasteiger partial charge in [0.2, 0.25) is 63.2 Å². The number of ether oxygens (including phenoxy) is 1. The molecule has 12 aromatic rings. The van der Waals surface area contributed by atoms with E-state index in [2.05, 4.69) is 65.3 Å². The molecule has 0 saturated heterocycles. The third kappa shape index (κ3) is 22.8. The molecule has 8 aromatic heterocycles. The lowest BCUT2D eigenvalue weighted by atomic mass is 10.0. The number of ketones is 4. The maximum absolute atomic E-state index is 15.0. The highest BCUT2D eigenvalue weighted by Crippen LogP contribution is 2.34. The molecule has 0 aliphatic heterocycles. The Bertz CT molecular complexity index is 6640. The van der Waals surface area contributed by atoms with Crippen LogP contribution in [0.2, 0.25) is 0 Å². The lowest BCUT2D eigenvalue weighted by Gasteiger charge is -2.11. The van der Waals surface area contributed by atoms with Crippen LogP contribution in [0.1, 0.15) is 140 Å². The van der Waals surface area contributed by atoms with Gasteiger partial charge in [-0.15, -0.1) is 0 Å². The van der Waals surface area contributed by atoms with Gasteiger partial charge in [-0.05, 0) is 150 Å². The first-order chi connectivity index (χ1) is 57.1. The van der Waals surface area contributed by atoms with Crippen LogP contribution in [-0.2, 0) is 65.6 Å². The van der Waals surface area contributed by atoms with Gasteiger partial charge in [0.05, 0.1) is 75.1 Å². The second-order valence-electron chi connectivity index (χ2n) is 26.0. The number of sulfonamides is 4. The summed E-state index contributed by atoms with van der Waals surface area (Å²) < 4.78 is 226. The highest BCUT2D eigenvalue weighted by molar-refractivity contribution is 9.10. The molecule has 4 aromatic carbocycles. The highest BCUT2D eigenvalue weighted by Gasteiger charge is 2.32. The number of nitrogens with zero attached hydrogens (tertiary/aromatic N) is 4. The molecule has 636 valence electrons. The number of H-pyrrole nitrogens is 4. The van der Waals surface area contributed by atoms with Crippen LogP contribution in [0.25, 0.3) is 56.3 Å². The lowest BCUT2D eigenvalue weighted by Crippen LogP contribution is -2.18. The number of halogens is 9. The molecule has 0 bridgehead atoms. The number of nitrogens with one attached hydrogen (secondary N) is 8. The second-order valence-corrected chi connectivity index (χ2v) is 34.3. The van der Waals surface area contributed by atoms with E-state index in [9.17, 15) is 102 Å². The minimum Gasteiger partial charge on any atom is -0.481 e. The maximum atomic E-state index is 15.0. The fourth-order valence-corrected chi connectivity index (χ4v) is 16.5. The molecule has 0 radical (unpaired) electrons. The quantitative estimate of drug-likeness (QED) is 0.00835. The van der Waals surface area contributed by atoms with E-state index < -0.39 is 173 Å². The molecule has 43 heteroatoms. The van der Waals surface area contributed by atoms with Crippen LogP contribution in [0.4, 0.5) is 57.9 Å². The standard InChI is InChI=1S/C21H19F2N3O5S.C20H19F2N3O5S.C20H17F2N3O5S.C17H14BrF2N3O3S/c1-3-8-32(29,30)26-16-6-5-15(22)18(19(16)23)20(28)14-11-25-21-13(14)9-12(10-24-21)4-7-17(27)31-2;2*1-2-7-31(29,30)25-15-5-4-14(21)17(18(15)22)19(28)13-10-24-20-12(13)8-11(9-23-20)3-6-16(26)27;1-2-5-27(25,26)23-13-4-3-12(19)14(15(13)20)16(24)11-8-22-17-10(11)6-9(18)7-21-17/h4-7,9-11,26H,3,8H2,1-2H3,(H,24,25);4-5,8-10,25H,2-3,6-7H2,1H3,(H,23,24)(H,26,27);3-6,8-10,25H,2,7H2,1H3,(H,23,24)(H,26,27);3-4,6-8,23H,2,5H2,1H3,(H,21,22)/b7-4+;;6-3+;. The molecule has 0 aliphatic rings. The van der Waals surface area contributed by atoms with Crippen molar-refractivity contribution in [3.05, 3.63) is 247 Å². The summed E-state index contributed by atoms with van der Waals surface area (Å²) in [5.74, 6) is -17.6. The molecule has 10 N–H and O–H groups in total. The van der Waals surface area contributed by atoms with Crippen LogP contribution in [0.3, 0.4) is 0 Å². The summed E-state index contributed by atoms with van der Waals surface area (Å²) in [6.07, 6.45) is 16.6. The van der Waals surface area contributed by atoms with E-state index in [-0.39, 0.29) is 104 Å². The van der Waals surface area contributed by atoms with Gasteiger partial charge in [-0.1, -0.05) is 27.7 Å². The van der Waals surface area contributed by atoms with Gasteiger partial charge >= 0.3 is 17.9 Å². The molecule has 0 atom stereocenters. The number of pyridine rings is 4. The number of benzene rings is 4. The number of carboxylic acid groups (broad SMARTS) is 2. The number of anilines is 4. The molecular formula is C78H69BrF8N12O18S4. The monoisotopic (exact) mass is 1820 g/mol. The Hall–Kier alpha value is -12.9. The average Bonchev–Trinajstić information content (AvgIpc) is 1.74. The molecule has 0 aliphatic carbocycles. The molecule has 0 unspecified atom stereocenters. The Balaban J connectivity index is 0.000000184.